The second-order valence-electron chi connectivity index (χ2n) is 3.37. The first-order valence-electron chi connectivity index (χ1n) is 4.90. The van der Waals surface area contributed by atoms with Crippen molar-refractivity contribution in [2.75, 3.05) is 21.3 Å². The number of methoxy groups -OCH3 is 3. The molecule has 0 unspecified atom stereocenters. The lowest BCUT2D eigenvalue weighted by Gasteiger charge is -2.20. The minimum absolute atomic E-state index is 0.000741. The highest BCUT2D eigenvalue weighted by Gasteiger charge is 2.41. The monoisotopic (exact) mass is 266 g/mol. The van der Waals surface area contributed by atoms with Gasteiger partial charge in [-0.1, -0.05) is 0 Å². The molecular formula is C11H13F3O4. The molecule has 0 saturated heterocycles. The molecule has 0 radical (unpaired) electrons. The third-order valence-electron chi connectivity index (χ3n) is 2.34. The van der Waals surface area contributed by atoms with Gasteiger partial charge in [0.2, 0.25) is 5.75 Å². The molecule has 1 aromatic rings. The molecule has 4 nitrogen and oxygen atoms in total. The van der Waals surface area contributed by atoms with Crippen LogP contribution in [0.25, 0.3) is 0 Å². The van der Waals surface area contributed by atoms with Crippen LogP contribution in [0.15, 0.2) is 12.1 Å². The highest BCUT2D eigenvalue weighted by Crippen LogP contribution is 2.45. The lowest BCUT2D eigenvalue weighted by Crippen LogP contribution is -2.21. The largest absolute Gasteiger partial charge is 0.493 e. The van der Waals surface area contributed by atoms with Crippen LogP contribution >= 0.6 is 0 Å². The quantitative estimate of drug-likeness (QED) is 0.908. The van der Waals surface area contributed by atoms with Crippen LogP contribution < -0.4 is 14.2 Å². The molecule has 1 rings (SSSR count). The van der Waals surface area contributed by atoms with Gasteiger partial charge in [-0.25, -0.2) is 0 Å². The van der Waals surface area contributed by atoms with Gasteiger partial charge in [-0.15, -0.1) is 0 Å². The van der Waals surface area contributed by atoms with Gasteiger partial charge in [-0.05, 0) is 12.1 Å². The van der Waals surface area contributed by atoms with Crippen LogP contribution in [0.4, 0.5) is 13.2 Å². The van der Waals surface area contributed by atoms with Crippen LogP contribution in [0.3, 0.4) is 0 Å². The standard InChI is InChI=1S/C11H13F3O4/c1-16-7-5-4-6(10(15)11(12,13)14)8(17-2)9(7)18-3/h4-5,10,15H,1-3H3/t10-/m0/s1. The van der Waals surface area contributed by atoms with E-state index in [9.17, 15) is 18.3 Å². The van der Waals surface area contributed by atoms with E-state index in [0.29, 0.717) is 0 Å². The first-order chi connectivity index (χ1) is 8.36. The Morgan fingerprint density at radius 2 is 1.56 bits per heavy atom. The van der Waals surface area contributed by atoms with Crippen LogP contribution in [-0.4, -0.2) is 32.6 Å². The van der Waals surface area contributed by atoms with Gasteiger partial charge >= 0.3 is 6.18 Å². The van der Waals surface area contributed by atoms with Gasteiger partial charge in [0.05, 0.1) is 21.3 Å². The number of halogens is 3. The zero-order valence-corrected chi connectivity index (χ0v) is 10.0. The summed E-state index contributed by atoms with van der Waals surface area (Å²) in [6.45, 7) is 0. The Kier molecular flexibility index (Phi) is 4.28. The van der Waals surface area contributed by atoms with E-state index in [4.69, 9.17) is 14.2 Å². The van der Waals surface area contributed by atoms with Crippen molar-refractivity contribution < 1.29 is 32.5 Å². The summed E-state index contributed by atoms with van der Waals surface area (Å²) >= 11 is 0. The maximum Gasteiger partial charge on any atom is 0.418 e. The highest BCUT2D eigenvalue weighted by molar-refractivity contribution is 5.56. The Labute approximate surface area is 102 Å². The molecule has 0 saturated carbocycles. The first kappa shape index (κ1) is 14.4. The van der Waals surface area contributed by atoms with E-state index in [0.717, 1.165) is 6.07 Å². The molecule has 0 heterocycles. The number of aliphatic hydroxyl groups excluding tert-OH is 1. The van der Waals surface area contributed by atoms with Crippen molar-refractivity contribution in [2.24, 2.45) is 0 Å². The van der Waals surface area contributed by atoms with Gasteiger partial charge in [0.25, 0.3) is 0 Å². The van der Waals surface area contributed by atoms with Crippen molar-refractivity contribution >= 4 is 0 Å². The van der Waals surface area contributed by atoms with E-state index in [1.807, 2.05) is 0 Å². The molecule has 0 aliphatic rings. The summed E-state index contributed by atoms with van der Waals surface area (Å²) in [5, 5.41) is 9.25. The summed E-state index contributed by atoms with van der Waals surface area (Å²) in [5.74, 6) is 0.00921. The molecule has 0 aliphatic heterocycles. The van der Waals surface area contributed by atoms with Gasteiger partial charge in [0.15, 0.2) is 17.6 Å². The van der Waals surface area contributed by atoms with Crippen LogP contribution in [0.2, 0.25) is 0 Å². The number of rotatable bonds is 4. The maximum absolute atomic E-state index is 12.5. The summed E-state index contributed by atoms with van der Waals surface area (Å²) in [6.07, 6.45) is -7.43. The molecule has 1 atom stereocenters. The van der Waals surface area contributed by atoms with Crippen LogP contribution in [0, 0.1) is 0 Å². The molecule has 0 spiro atoms. The van der Waals surface area contributed by atoms with Gasteiger partial charge < -0.3 is 19.3 Å². The number of ether oxygens (including phenoxy) is 3. The lowest BCUT2D eigenvalue weighted by molar-refractivity contribution is -0.207. The smallest absolute Gasteiger partial charge is 0.418 e. The maximum atomic E-state index is 12.5. The molecular weight excluding hydrogens is 253 g/mol. The zero-order valence-electron chi connectivity index (χ0n) is 10.0. The van der Waals surface area contributed by atoms with Crippen molar-refractivity contribution in [1.29, 1.82) is 0 Å². The number of hydrogen-bond acceptors (Lipinski definition) is 4. The molecule has 7 heteroatoms. The molecule has 102 valence electrons. The van der Waals surface area contributed by atoms with Gasteiger partial charge in [0, 0.05) is 5.56 Å². The normalized spacial score (nSPS) is 13.1. The van der Waals surface area contributed by atoms with Gasteiger partial charge in [-0.2, -0.15) is 13.2 Å². The first-order valence-corrected chi connectivity index (χ1v) is 4.90. The van der Waals surface area contributed by atoms with Crippen molar-refractivity contribution in [1.82, 2.24) is 0 Å². The SMILES string of the molecule is COc1ccc([C@H](O)C(F)(F)F)c(OC)c1OC. The second-order valence-corrected chi connectivity index (χ2v) is 3.37. The van der Waals surface area contributed by atoms with Crippen LogP contribution in [0.5, 0.6) is 17.2 Å². The van der Waals surface area contributed by atoms with Crippen LogP contribution in [0.1, 0.15) is 11.7 Å². The molecule has 0 aliphatic carbocycles. The van der Waals surface area contributed by atoms with E-state index >= 15 is 0 Å². The zero-order chi connectivity index (χ0) is 13.9. The fourth-order valence-corrected chi connectivity index (χ4v) is 1.52. The van der Waals surface area contributed by atoms with Gasteiger partial charge in [0.1, 0.15) is 0 Å². The Morgan fingerprint density at radius 1 is 1.00 bits per heavy atom. The van der Waals surface area contributed by atoms with Gasteiger partial charge in [-0.3, -0.25) is 0 Å². The lowest BCUT2D eigenvalue weighted by atomic mass is 10.1. The minimum atomic E-state index is -4.78. The Bertz CT molecular complexity index is 417. The molecule has 0 bridgehead atoms. The topological polar surface area (TPSA) is 47.9 Å². The summed E-state index contributed by atoms with van der Waals surface area (Å²) in [5.41, 5.74) is -0.428. The Hall–Kier alpha value is -1.63. The van der Waals surface area contributed by atoms with Crippen LogP contribution in [-0.2, 0) is 0 Å². The predicted octanol–water partition coefficient (Wildman–Crippen LogP) is 2.31. The fraction of sp³-hybridized carbons (Fsp3) is 0.455. The average Bonchev–Trinajstić information content (AvgIpc) is 2.34. The summed E-state index contributed by atoms with van der Waals surface area (Å²) in [7, 11) is 3.80. The summed E-state index contributed by atoms with van der Waals surface area (Å²) in [4.78, 5) is 0. The number of hydrogen-bond donors (Lipinski definition) is 1. The highest BCUT2D eigenvalue weighted by atomic mass is 19.4. The van der Waals surface area contributed by atoms with E-state index in [1.54, 1.807) is 0 Å². The minimum Gasteiger partial charge on any atom is -0.493 e. The third-order valence-corrected chi connectivity index (χ3v) is 2.34. The van der Waals surface area contributed by atoms with E-state index in [1.165, 1.54) is 27.4 Å². The molecule has 1 N–H and O–H groups in total. The van der Waals surface area contributed by atoms with E-state index in [2.05, 4.69) is 0 Å². The Balaban J connectivity index is 3.38. The number of benzene rings is 1. The fourth-order valence-electron chi connectivity index (χ4n) is 1.52. The second kappa shape index (κ2) is 5.34. The molecule has 18 heavy (non-hydrogen) atoms. The molecule has 0 amide bonds. The number of alkyl halides is 3. The van der Waals surface area contributed by atoms with Crippen molar-refractivity contribution in [3.05, 3.63) is 17.7 Å². The van der Waals surface area contributed by atoms with Crippen molar-refractivity contribution in [2.45, 2.75) is 12.3 Å². The predicted molar refractivity (Wildman–Crippen MR) is 57.1 cm³/mol. The molecule has 0 fully saturated rings. The molecule has 1 aromatic carbocycles. The third kappa shape index (κ3) is 2.61. The average molecular weight is 266 g/mol. The van der Waals surface area contributed by atoms with Crippen molar-refractivity contribution in [3.63, 3.8) is 0 Å². The Morgan fingerprint density at radius 3 is 1.94 bits per heavy atom. The summed E-state index contributed by atoms with van der Waals surface area (Å²) in [6, 6.07) is 2.35. The number of aliphatic hydroxyl groups is 1. The van der Waals surface area contributed by atoms with Crippen molar-refractivity contribution in [3.8, 4) is 17.2 Å². The molecule has 0 aromatic heterocycles. The summed E-state index contributed by atoms with van der Waals surface area (Å²) < 4.78 is 52.2. The van der Waals surface area contributed by atoms with E-state index in [-0.39, 0.29) is 17.2 Å². The van der Waals surface area contributed by atoms with E-state index < -0.39 is 17.8 Å².